The summed E-state index contributed by atoms with van der Waals surface area (Å²) in [5, 5.41) is 11.5. The third-order valence-corrected chi connectivity index (χ3v) is 3.21. The van der Waals surface area contributed by atoms with Crippen molar-refractivity contribution >= 4 is 18.0 Å². The second-order valence-corrected chi connectivity index (χ2v) is 4.89. The van der Waals surface area contributed by atoms with Crippen LogP contribution in [0.4, 0.5) is 4.79 Å². The van der Waals surface area contributed by atoms with Crippen molar-refractivity contribution in [3.05, 3.63) is 0 Å². The van der Waals surface area contributed by atoms with Gasteiger partial charge >= 0.3 is 12.1 Å². The number of amides is 2. The van der Waals surface area contributed by atoms with Crippen LogP contribution in [0, 0.1) is 5.92 Å². The topological polar surface area (TPSA) is 95.9 Å². The molecule has 1 aliphatic heterocycles. The molecule has 108 valence electrons. The van der Waals surface area contributed by atoms with Gasteiger partial charge in [0.15, 0.2) is 0 Å². The van der Waals surface area contributed by atoms with Crippen LogP contribution in [0.3, 0.4) is 0 Å². The van der Waals surface area contributed by atoms with Crippen LogP contribution in [0.25, 0.3) is 0 Å². The van der Waals surface area contributed by atoms with E-state index in [-0.39, 0.29) is 11.8 Å². The summed E-state index contributed by atoms with van der Waals surface area (Å²) < 4.78 is 4.48. The number of carbonyl (C=O) groups is 3. The third-order valence-electron chi connectivity index (χ3n) is 3.21. The lowest BCUT2D eigenvalue weighted by molar-refractivity contribution is -0.149. The summed E-state index contributed by atoms with van der Waals surface area (Å²) in [4.78, 5) is 36.0. The molecule has 1 unspecified atom stereocenters. The van der Waals surface area contributed by atoms with E-state index in [1.165, 1.54) is 12.0 Å². The van der Waals surface area contributed by atoms with E-state index in [0.717, 1.165) is 0 Å². The molecule has 7 nitrogen and oxygen atoms in total. The van der Waals surface area contributed by atoms with Gasteiger partial charge in [0.2, 0.25) is 5.91 Å². The Balaban J connectivity index is 2.81. The summed E-state index contributed by atoms with van der Waals surface area (Å²) in [5.41, 5.74) is 0. The molecule has 2 amide bonds. The van der Waals surface area contributed by atoms with Gasteiger partial charge in [-0.15, -0.1) is 0 Å². The lowest BCUT2D eigenvalue weighted by Gasteiger charge is -2.28. The number of alkyl carbamates (subject to hydrolysis) is 1. The average Bonchev–Trinajstić information content (AvgIpc) is 2.83. The van der Waals surface area contributed by atoms with Crippen molar-refractivity contribution in [1.29, 1.82) is 0 Å². The van der Waals surface area contributed by atoms with Crippen LogP contribution < -0.4 is 5.32 Å². The first kappa shape index (κ1) is 15.3. The highest BCUT2D eigenvalue weighted by atomic mass is 16.5. The summed E-state index contributed by atoms with van der Waals surface area (Å²) in [6, 6.07) is -1.57. The van der Waals surface area contributed by atoms with E-state index in [4.69, 9.17) is 5.11 Å². The normalized spacial score (nSPS) is 20.2. The third kappa shape index (κ3) is 3.59. The van der Waals surface area contributed by atoms with Gasteiger partial charge in [-0.1, -0.05) is 13.8 Å². The fraction of sp³-hybridized carbons (Fsp3) is 0.750. The van der Waals surface area contributed by atoms with Crippen molar-refractivity contribution in [2.75, 3.05) is 13.7 Å². The number of methoxy groups -OCH3 is 1. The van der Waals surface area contributed by atoms with Gasteiger partial charge in [-0.3, -0.25) is 4.79 Å². The monoisotopic (exact) mass is 272 g/mol. The van der Waals surface area contributed by atoms with Gasteiger partial charge in [-0.05, 0) is 18.8 Å². The molecular weight excluding hydrogens is 252 g/mol. The van der Waals surface area contributed by atoms with E-state index in [2.05, 4.69) is 10.1 Å². The minimum Gasteiger partial charge on any atom is -0.480 e. The molecule has 0 spiro atoms. The number of nitrogens with one attached hydrogen (secondary N) is 1. The molecule has 0 radical (unpaired) electrons. The molecule has 0 aromatic carbocycles. The van der Waals surface area contributed by atoms with E-state index in [9.17, 15) is 14.4 Å². The molecule has 2 atom stereocenters. The fourth-order valence-corrected chi connectivity index (χ4v) is 2.17. The molecule has 1 saturated heterocycles. The number of rotatable bonds is 4. The summed E-state index contributed by atoms with van der Waals surface area (Å²) in [7, 11) is 1.22. The summed E-state index contributed by atoms with van der Waals surface area (Å²) in [6.45, 7) is 3.97. The Hall–Kier alpha value is -1.79. The predicted molar refractivity (Wildman–Crippen MR) is 66.5 cm³/mol. The first-order chi connectivity index (χ1) is 8.88. The Kier molecular flexibility index (Phi) is 5.14. The number of ether oxygens (including phenoxy) is 1. The van der Waals surface area contributed by atoms with Crippen molar-refractivity contribution in [3.63, 3.8) is 0 Å². The molecule has 0 aliphatic carbocycles. The highest BCUT2D eigenvalue weighted by Crippen LogP contribution is 2.20. The van der Waals surface area contributed by atoms with Crippen LogP contribution in [0.5, 0.6) is 0 Å². The second-order valence-electron chi connectivity index (χ2n) is 4.89. The molecule has 1 fully saturated rings. The quantitative estimate of drug-likeness (QED) is 0.774. The predicted octanol–water partition coefficient (Wildman–Crippen LogP) is 0.443. The summed E-state index contributed by atoms with van der Waals surface area (Å²) >= 11 is 0. The maximum absolute atomic E-state index is 12.3. The number of carboxylic acid groups (broad SMARTS) is 1. The zero-order chi connectivity index (χ0) is 14.6. The first-order valence-electron chi connectivity index (χ1n) is 6.26. The maximum atomic E-state index is 12.3. The number of hydrogen-bond acceptors (Lipinski definition) is 4. The van der Waals surface area contributed by atoms with Crippen LogP contribution in [-0.2, 0) is 14.3 Å². The number of carbonyl (C=O) groups excluding carboxylic acids is 2. The number of aliphatic carboxylic acids is 1. The number of carboxylic acids is 1. The van der Waals surface area contributed by atoms with E-state index < -0.39 is 24.1 Å². The first-order valence-corrected chi connectivity index (χ1v) is 6.26. The van der Waals surface area contributed by atoms with Crippen LogP contribution in [0.2, 0.25) is 0 Å². The molecule has 0 aromatic heterocycles. The number of likely N-dealkylation sites (tertiary alicyclic amines) is 1. The molecule has 1 heterocycles. The highest BCUT2D eigenvalue weighted by molar-refractivity contribution is 5.89. The van der Waals surface area contributed by atoms with Crippen molar-refractivity contribution in [1.82, 2.24) is 10.2 Å². The summed E-state index contributed by atoms with van der Waals surface area (Å²) in [5.74, 6) is -1.53. The Morgan fingerprint density at radius 3 is 2.47 bits per heavy atom. The molecule has 0 saturated carbocycles. The van der Waals surface area contributed by atoms with Crippen molar-refractivity contribution < 1.29 is 24.2 Å². The molecule has 19 heavy (non-hydrogen) atoms. The van der Waals surface area contributed by atoms with Crippen LogP contribution >= 0.6 is 0 Å². The maximum Gasteiger partial charge on any atom is 0.407 e. The molecule has 1 rings (SSSR count). The van der Waals surface area contributed by atoms with E-state index >= 15 is 0 Å². The molecule has 0 bridgehead atoms. The molecule has 0 aromatic rings. The van der Waals surface area contributed by atoms with Gasteiger partial charge in [0, 0.05) is 6.54 Å². The van der Waals surface area contributed by atoms with Crippen LogP contribution in [0.1, 0.15) is 26.7 Å². The highest BCUT2D eigenvalue weighted by Gasteiger charge is 2.38. The zero-order valence-electron chi connectivity index (χ0n) is 11.4. The average molecular weight is 272 g/mol. The molecular formula is C12H20N2O5. The van der Waals surface area contributed by atoms with Crippen molar-refractivity contribution in [2.45, 2.75) is 38.8 Å². The zero-order valence-corrected chi connectivity index (χ0v) is 11.4. The second kappa shape index (κ2) is 6.40. The molecule has 1 aliphatic rings. The Morgan fingerprint density at radius 2 is 2.00 bits per heavy atom. The Bertz CT molecular complexity index is 369. The summed E-state index contributed by atoms with van der Waals surface area (Å²) in [6.07, 6.45) is 0.411. The number of hydrogen-bond donors (Lipinski definition) is 2. The standard InChI is InChI=1S/C12H20N2O5/c1-7(2)9(13-12(18)19-3)10(15)14-6-4-5-8(14)11(16)17/h7-9H,4-6H2,1-3H3,(H,13,18)(H,16,17)/t8-,9?/m0/s1. The molecule has 2 N–H and O–H groups in total. The minimum absolute atomic E-state index is 0.151. The Labute approximate surface area is 111 Å². The van der Waals surface area contributed by atoms with Gasteiger partial charge in [0.25, 0.3) is 0 Å². The van der Waals surface area contributed by atoms with E-state index in [0.29, 0.717) is 19.4 Å². The Morgan fingerprint density at radius 1 is 1.37 bits per heavy atom. The lowest BCUT2D eigenvalue weighted by Crippen LogP contribution is -2.53. The number of nitrogens with zero attached hydrogens (tertiary/aromatic N) is 1. The van der Waals surface area contributed by atoms with Gasteiger partial charge in [0.05, 0.1) is 7.11 Å². The SMILES string of the molecule is COC(=O)NC(C(=O)N1CCC[C@H]1C(=O)O)C(C)C. The van der Waals surface area contributed by atoms with Crippen LogP contribution in [-0.4, -0.2) is 53.7 Å². The van der Waals surface area contributed by atoms with Gasteiger partial charge in [-0.2, -0.15) is 0 Å². The fourth-order valence-electron chi connectivity index (χ4n) is 2.17. The van der Waals surface area contributed by atoms with Crippen molar-refractivity contribution in [2.24, 2.45) is 5.92 Å². The van der Waals surface area contributed by atoms with E-state index in [1.54, 1.807) is 13.8 Å². The van der Waals surface area contributed by atoms with Crippen molar-refractivity contribution in [3.8, 4) is 0 Å². The van der Waals surface area contributed by atoms with Gasteiger partial charge in [0.1, 0.15) is 12.1 Å². The lowest BCUT2D eigenvalue weighted by atomic mass is 10.0. The van der Waals surface area contributed by atoms with Gasteiger partial charge in [-0.25, -0.2) is 9.59 Å². The largest absolute Gasteiger partial charge is 0.480 e. The van der Waals surface area contributed by atoms with E-state index in [1.807, 2.05) is 0 Å². The van der Waals surface area contributed by atoms with Gasteiger partial charge < -0.3 is 20.1 Å². The van der Waals surface area contributed by atoms with Crippen LogP contribution in [0.15, 0.2) is 0 Å². The smallest absolute Gasteiger partial charge is 0.407 e. The molecule has 7 heteroatoms. The minimum atomic E-state index is -1.01.